The third kappa shape index (κ3) is 9.75. The van der Waals surface area contributed by atoms with E-state index in [-0.39, 0.29) is 23.2 Å². The SMILES string of the molecule is CCc1ccc(NC(=O)N2CCN(CCN(Cc3ccc(F)cc3)C(=O)CC(C)CC(C)(C)C)CC2)cc1. The number of aryl methyl sites for hydroxylation is 1. The summed E-state index contributed by atoms with van der Waals surface area (Å²) in [7, 11) is 0. The summed E-state index contributed by atoms with van der Waals surface area (Å²) in [6.07, 6.45) is 2.46. The maximum absolute atomic E-state index is 13.4. The molecule has 0 radical (unpaired) electrons. The lowest BCUT2D eigenvalue weighted by atomic mass is 9.84. The van der Waals surface area contributed by atoms with Crippen LogP contribution in [0.15, 0.2) is 48.5 Å². The van der Waals surface area contributed by atoms with E-state index in [0.717, 1.165) is 43.7 Å². The largest absolute Gasteiger partial charge is 0.337 e. The number of piperazine rings is 1. The molecule has 1 fully saturated rings. The van der Waals surface area contributed by atoms with Gasteiger partial charge in [0.15, 0.2) is 0 Å². The second kappa shape index (κ2) is 13.7. The summed E-state index contributed by atoms with van der Waals surface area (Å²) in [5, 5.41) is 3.00. The monoisotopic (exact) mass is 524 g/mol. The Labute approximate surface area is 228 Å². The highest BCUT2D eigenvalue weighted by Crippen LogP contribution is 2.26. The molecular formula is C31H45FN4O2. The Kier molecular flexibility index (Phi) is 10.7. The normalized spacial score (nSPS) is 15.3. The van der Waals surface area contributed by atoms with Gasteiger partial charge in [0.05, 0.1) is 0 Å². The van der Waals surface area contributed by atoms with Gasteiger partial charge >= 0.3 is 6.03 Å². The topological polar surface area (TPSA) is 55.9 Å². The van der Waals surface area contributed by atoms with Gasteiger partial charge in [0.25, 0.3) is 0 Å². The lowest BCUT2D eigenvalue weighted by molar-refractivity contribution is -0.133. The number of rotatable bonds is 10. The van der Waals surface area contributed by atoms with E-state index in [2.05, 4.69) is 44.8 Å². The van der Waals surface area contributed by atoms with Crippen LogP contribution < -0.4 is 5.32 Å². The van der Waals surface area contributed by atoms with Gasteiger partial charge in [0.2, 0.25) is 5.91 Å². The zero-order valence-corrected chi connectivity index (χ0v) is 23.8. The van der Waals surface area contributed by atoms with Crippen LogP contribution in [0.3, 0.4) is 0 Å². The first-order valence-electron chi connectivity index (χ1n) is 13.9. The minimum absolute atomic E-state index is 0.0742. The molecule has 0 spiro atoms. The number of nitrogens with one attached hydrogen (secondary N) is 1. The van der Waals surface area contributed by atoms with E-state index in [0.29, 0.717) is 38.5 Å². The van der Waals surface area contributed by atoms with E-state index in [1.54, 1.807) is 12.1 Å². The van der Waals surface area contributed by atoms with Crippen molar-refractivity contribution in [3.05, 3.63) is 65.5 Å². The molecule has 0 aromatic heterocycles. The first-order chi connectivity index (χ1) is 18.0. The number of hydrogen-bond acceptors (Lipinski definition) is 3. The van der Waals surface area contributed by atoms with Gasteiger partial charge in [-0.05, 0) is 59.6 Å². The molecule has 1 heterocycles. The molecule has 1 N–H and O–H groups in total. The van der Waals surface area contributed by atoms with Gasteiger partial charge in [-0.3, -0.25) is 9.69 Å². The van der Waals surface area contributed by atoms with Crippen molar-refractivity contribution >= 4 is 17.6 Å². The van der Waals surface area contributed by atoms with Crippen LogP contribution in [0.5, 0.6) is 0 Å². The van der Waals surface area contributed by atoms with Crippen LogP contribution in [-0.4, -0.2) is 65.9 Å². The summed E-state index contributed by atoms with van der Waals surface area (Å²) in [5.74, 6) is 0.155. The lowest BCUT2D eigenvalue weighted by Gasteiger charge is -2.36. The predicted octanol–water partition coefficient (Wildman–Crippen LogP) is 6.03. The number of halogens is 1. The molecule has 3 amide bonds. The number of carbonyl (C=O) groups excluding carboxylic acids is 2. The maximum Gasteiger partial charge on any atom is 0.321 e. The minimum atomic E-state index is -0.273. The third-order valence-electron chi connectivity index (χ3n) is 7.08. The average molecular weight is 525 g/mol. The molecule has 1 aliphatic rings. The van der Waals surface area contributed by atoms with Gasteiger partial charge in [-0.25, -0.2) is 9.18 Å². The summed E-state index contributed by atoms with van der Waals surface area (Å²) >= 11 is 0. The summed E-state index contributed by atoms with van der Waals surface area (Å²) in [5.41, 5.74) is 3.15. The summed E-state index contributed by atoms with van der Waals surface area (Å²) in [6, 6.07) is 14.3. The molecule has 6 nitrogen and oxygen atoms in total. The Morgan fingerprint density at radius 1 is 0.974 bits per heavy atom. The van der Waals surface area contributed by atoms with Crippen molar-refractivity contribution in [1.82, 2.24) is 14.7 Å². The fourth-order valence-electron chi connectivity index (χ4n) is 5.11. The Morgan fingerprint density at radius 2 is 1.58 bits per heavy atom. The van der Waals surface area contributed by atoms with Crippen LogP contribution in [0.1, 0.15) is 58.6 Å². The number of nitrogens with zero attached hydrogens (tertiary/aromatic N) is 3. The molecular weight excluding hydrogens is 479 g/mol. The van der Waals surface area contributed by atoms with Crippen molar-refractivity contribution in [3.63, 3.8) is 0 Å². The molecule has 1 atom stereocenters. The van der Waals surface area contributed by atoms with E-state index in [9.17, 15) is 14.0 Å². The van der Waals surface area contributed by atoms with Crippen molar-refractivity contribution in [2.45, 2.75) is 60.4 Å². The Hall–Kier alpha value is -2.93. The Bertz CT molecular complexity index is 1030. The van der Waals surface area contributed by atoms with Crippen LogP contribution in [0, 0.1) is 17.2 Å². The van der Waals surface area contributed by atoms with E-state index in [1.807, 2.05) is 34.1 Å². The number of hydrogen-bond donors (Lipinski definition) is 1. The third-order valence-corrected chi connectivity index (χ3v) is 7.08. The molecule has 1 aliphatic heterocycles. The van der Waals surface area contributed by atoms with E-state index < -0.39 is 0 Å². The molecule has 38 heavy (non-hydrogen) atoms. The highest BCUT2D eigenvalue weighted by atomic mass is 19.1. The van der Waals surface area contributed by atoms with Gasteiger partial charge < -0.3 is 15.1 Å². The van der Waals surface area contributed by atoms with Crippen molar-refractivity contribution in [1.29, 1.82) is 0 Å². The number of carbonyl (C=O) groups is 2. The maximum atomic E-state index is 13.4. The average Bonchev–Trinajstić information content (AvgIpc) is 2.87. The first-order valence-corrected chi connectivity index (χ1v) is 13.9. The van der Waals surface area contributed by atoms with Gasteiger partial charge in [0.1, 0.15) is 5.82 Å². The van der Waals surface area contributed by atoms with E-state index in [1.165, 1.54) is 17.7 Å². The predicted molar refractivity (Wildman–Crippen MR) is 153 cm³/mol. The summed E-state index contributed by atoms with van der Waals surface area (Å²) in [6.45, 7) is 15.5. The molecule has 7 heteroatoms. The second-order valence-corrected chi connectivity index (χ2v) is 11.8. The number of anilines is 1. The quantitative estimate of drug-likeness (QED) is 0.413. The zero-order chi connectivity index (χ0) is 27.7. The summed E-state index contributed by atoms with van der Waals surface area (Å²) in [4.78, 5) is 32.1. The van der Waals surface area contributed by atoms with Crippen LogP contribution in [0.2, 0.25) is 0 Å². The second-order valence-electron chi connectivity index (χ2n) is 11.8. The fraction of sp³-hybridized carbons (Fsp3) is 0.548. The van der Waals surface area contributed by atoms with Gasteiger partial charge in [-0.1, -0.05) is 58.9 Å². The van der Waals surface area contributed by atoms with Crippen molar-refractivity contribution < 1.29 is 14.0 Å². The molecule has 0 bridgehead atoms. The molecule has 3 rings (SSSR count). The molecule has 2 aromatic carbocycles. The Morgan fingerprint density at radius 3 is 2.16 bits per heavy atom. The molecule has 1 unspecified atom stereocenters. The molecule has 1 saturated heterocycles. The van der Waals surface area contributed by atoms with Crippen LogP contribution in [0.25, 0.3) is 0 Å². The molecule has 0 saturated carbocycles. The van der Waals surface area contributed by atoms with Crippen molar-refractivity contribution in [2.24, 2.45) is 11.3 Å². The number of urea groups is 1. The van der Waals surface area contributed by atoms with Gasteiger partial charge in [-0.15, -0.1) is 0 Å². The van der Waals surface area contributed by atoms with Gasteiger partial charge in [0, 0.05) is 57.9 Å². The van der Waals surface area contributed by atoms with Crippen molar-refractivity contribution in [3.8, 4) is 0 Å². The molecule has 208 valence electrons. The van der Waals surface area contributed by atoms with E-state index in [4.69, 9.17) is 0 Å². The smallest absolute Gasteiger partial charge is 0.321 e. The molecule has 2 aromatic rings. The highest BCUT2D eigenvalue weighted by molar-refractivity contribution is 5.89. The first kappa shape index (κ1) is 29.6. The standard InChI is InChI=1S/C31H45FN4O2/c1-6-25-9-13-28(14-10-25)33-30(38)35-18-15-34(16-19-35)17-20-36(23-26-7-11-27(32)12-8-26)29(37)21-24(2)22-31(3,4)5/h7-14,24H,6,15-23H2,1-5H3,(H,33,38). The number of benzene rings is 2. The van der Waals surface area contributed by atoms with E-state index >= 15 is 0 Å². The fourth-order valence-corrected chi connectivity index (χ4v) is 5.11. The van der Waals surface area contributed by atoms with Crippen LogP contribution in [-0.2, 0) is 17.8 Å². The van der Waals surface area contributed by atoms with Crippen LogP contribution in [0.4, 0.5) is 14.9 Å². The Balaban J connectivity index is 1.52. The minimum Gasteiger partial charge on any atom is -0.337 e. The van der Waals surface area contributed by atoms with Crippen LogP contribution >= 0.6 is 0 Å². The highest BCUT2D eigenvalue weighted by Gasteiger charge is 2.24. The van der Waals surface area contributed by atoms with Crippen molar-refractivity contribution in [2.75, 3.05) is 44.6 Å². The lowest BCUT2D eigenvalue weighted by Crippen LogP contribution is -2.51. The molecule has 0 aliphatic carbocycles. The van der Waals surface area contributed by atoms with Gasteiger partial charge in [-0.2, -0.15) is 0 Å². The zero-order valence-electron chi connectivity index (χ0n) is 23.8. The summed E-state index contributed by atoms with van der Waals surface area (Å²) < 4.78 is 13.4. The number of amides is 3.